The van der Waals surface area contributed by atoms with E-state index in [0.717, 1.165) is 28.2 Å². The van der Waals surface area contributed by atoms with Crippen LogP contribution in [0, 0.1) is 26.2 Å². The first-order chi connectivity index (χ1) is 21.6. The maximum Gasteiger partial charge on any atom is 0.0738 e. The molecule has 2 aliphatic rings. The van der Waals surface area contributed by atoms with Crippen molar-refractivity contribution in [3.8, 4) is 23.5 Å². The van der Waals surface area contributed by atoms with Crippen LogP contribution in [0.1, 0.15) is 38.9 Å². The number of hydrogen-bond donors (Lipinski definition) is 0. The van der Waals surface area contributed by atoms with E-state index in [0.29, 0.717) is 0 Å². The zero-order valence-electron chi connectivity index (χ0n) is 24.9. The van der Waals surface area contributed by atoms with Crippen molar-refractivity contribution in [2.75, 3.05) is 4.90 Å². The van der Waals surface area contributed by atoms with Gasteiger partial charge in [0.25, 0.3) is 0 Å². The summed E-state index contributed by atoms with van der Waals surface area (Å²) in [7, 11) is 0. The van der Waals surface area contributed by atoms with Crippen LogP contribution in [0.4, 0.5) is 17.1 Å². The average molecular weight is 562 g/mol. The minimum Gasteiger partial charge on any atom is -0.310 e. The van der Waals surface area contributed by atoms with Crippen LogP contribution in [-0.2, 0) is 5.41 Å². The molecule has 0 aliphatic heterocycles. The van der Waals surface area contributed by atoms with E-state index in [1.54, 1.807) is 0 Å². The van der Waals surface area contributed by atoms with Crippen molar-refractivity contribution in [1.82, 2.24) is 0 Å². The number of anilines is 3. The molecule has 0 radical (unpaired) electrons. The molecule has 2 aliphatic carbocycles. The van der Waals surface area contributed by atoms with Gasteiger partial charge in [-0.05, 0) is 100 Å². The molecule has 0 amide bonds. The van der Waals surface area contributed by atoms with Crippen molar-refractivity contribution in [1.29, 1.82) is 0 Å². The Hall–Kier alpha value is -5.58. The summed E-state index contributed by atoms with van der Waals surface area (Å²) in [5, 5.41) is 0. The number of fused-ring (bicyclic) bond motifs is 7. The van der Waals surface area contributed by atoms with E-state index in [9.17, 15) is 0 Å². The SMILES string of the molecule is C#CC1=C(c2ccccc2C)C2(c3ccc(N(c4ccccc4)c4ccccc4)cc31)c1ccccc1-c1ccc(C)cc12. The van der Waals surface area contributed by atoms with Crippen LogP contribution >= 0.6 is 0 Å². The topological polar surface area (TPSA) is 3.24 Å². The van der Waals surface area contributed by atoms with Gasteiger partial charge in [0.05, 0.1) is 5.41 Å². The number of benzene rings is 6. The van der Waals surface area contributed by atoms with Gasteiger partial charge in [-0.2, -0.15) is 0 Å². The van der Waals surface area contributed by atoms with Crippen LogP contribution in [0.2, 0.25) is 0 Å². The zero-order valence-corrected chi connectivity index (χ0v) is 24.9. The highest BCUT2D eigenvalue weighted by Gasteiger charge is 2.53. The number of hydrogen-bond acceptors (Lipinski definition) is 1. The smallest absolute Gasteiger partial charge is 0.0738 e. The van der Waals surface area contributed by atoms with E-state index in [4.69, 9.17) is 6.42 Å². The van der Waals surface area contributed by atoms with E-state index in [-0.39, 0.29) is 0 Å². The number of terminal acetylenes is 1. The normalized spacial score (nSPS) is 15.9. The first-order valence-electron chi connectivity index (χ1n) is 15.2. The standard InChI is InChI=1S/C43H31N/c1-4-34-38-28-33(44(31-16-7-5-8-17-31)32-18-9-6-10-19-32)24-26-40(38)43(42(34)35-20-12-11-15-30(35)3)39-22-14-13-21-36(39)37-25-23-29(2)27-41(37)43/h1,5-28H,2-3H3. The third-order valence-corrected chi connectivity index (χ3v) is 9.35. The molecule has 208 valence electrons. The van der Waals surface area contributed by atoms with E-state index in [1.165, 1.54) is 50.1 Å². The largest absolute Gasteiger partial charge is 0.310 e. The lowest BCUT2D eigenvalue weighted by atomic mass is 9.67. The first-order valence-corrected chi connectivity index (χ1v) is 15.2. The fourth-order valence-electron chi connectivity index (χ4n) is 7.56. The zero-order chi connectivity index (χ0) is 29.8. The second kappa shape index (κ2) is 10.0. The van der Waals surface area contributed by atoms with Crippen LogP contribution in [0.15, 0.2) is 146 Å². The molecule has 44 heavy (non-hydrogen) atoms. The molecule has 1 atom stereocenters. The number of aryl methyl sites for hydroxylation is 2. The Morgan fingerprint density at radius 3 is 1.77 bits per heavy atom. The molecule has 0 saturated carbocycles. The second-order valence-electron chi connectivity index (χ2n) is 11.8. The second-order valence-corrected chi connectivity index (χ2v) is 11.8. The van der Waals surface area contributed by atoms with Crippen molar-refractivity contribution in [2.24, 2.45) is 0 Å². The van der Waals surface area contributed by atoms with E-state index < -0.39 is 5.41 Å². The summed E-state index contributed by atoms with van der Waals surface area (Å²) in [6.07, 6.45) is 6.57. The van der Waals surface area contributed by atoms with Crippen LogP contribution in [0.5, 0.6) is 0 Å². The molecule has 6 aromatic carbocycles. The van der Waals surface area contributed by atoms with Gasteiger partial charge in [0.1, 0.15) is 0 Å². The highest BCUT2D eigenvalue weighted by Crippen LogP contribution is 2.65. The van der Waals surface area contributed by atoms with Crippen LogP contribution in [-0.4, -0.2) is 0 Å². The van der Waals surface area contributed by atoms with Crippen molar-refractivity contribution < 1.29 is 0 Å². The number of rotatable bonds is 4. The quantitative estimate of drug-likeness (QED) is 0.194. The fraction of sp³-hybridized carbons (Fsp3) is 0.0698. The first kappa shape index (κ1) is 26.1. The van der Waals surface area contributed by atoms with Crippen LogP contribution < -0.4 is 4.90 Å². The van der Waals surface area contributed by atoms with Gasteiger partial charge in [0.15, 0.2) is 0 Å². The summed E-state index contributed by atoms with van der Waals surface area (Å²) in [4.78, 5) is 2.31. The molecule has 1 spiro atoms. The summed E-state index contributed by atoms with van der Waals surface area (Å²) in [5.74, 6) is 3.23. The average Bonchev–Trinajstić information content (AvgIpc) is 3.52. The minimum absolute atomic E-state index is 0.524. The molecule has 1 nitrogen and oxygen atoms in total. The Kier molecular flexibility index (Phi) is 5.93. The van der Waals surface area contributed by atoms with Crippen molar-refractivity contribution in [3.63, 3.8) is 0 Å². The van der Waals surface area contributed by atoms with Gasteiger partial charge in [-0.25, -0.2) is 0 Å². The van der Waals surface area contributed by atoms with Gasteiger partial charge in [0.2, 0.25) is 0 Å². The molecular formula is C43H31N. The van der Waals surface area contributed by atoms with Gasteiger partial charge in [0, 0.05) is 22.6 Å². The summed E-state index contributed by atoms with van der Waals surface area (Å²) in [5.41, 5.74) is 16.1. The summed E-state index contributed by atoms with van der Waals surface area (Å²) < 4.78 is 0. The van der Waals surface area contributed by atoms with Crippen molar-refractivity contribution in [3.05, 3.63) is 185 Å². The Balaban J connectivity index is 1.49. The summed E-state index contributed by atoms with van der Waals surface area (Å²) in [6.45, 7) is 4.38. The predicted molar refractivity (Wildman–Crippen MR) is 184 cm³/mol. The lowest BCUT2D eigenvalue weighted by Gasteiger charge is -2.34. The van der Waals surface area contributed by atoms with E-state index >= 15 is 0 Å². The molecule has 0 heterocycles. The molecule has 0 bridgehead atoms. The predicted octanol–water partition coefficient (Wildman–Crippen LogP) is 10.6. The molecule has 0 saturated heterocycles. The van der Waals surface area contributed by atoms with E-state index in [1.807, 2.05) is 0 Å². The summed E-state index contributed by atoms with van der Waals surface area (Å²) in [6, 6.07) is 52.5. The van der Waals surface area contributed by atoms with Gasteiger partial charge in [-0.15, -0.1) is 6.42 Å². The molecule has 0 N–H and O–H groups in total. The number of allylic oxidation sites excluding steroid dienone is 2. The lowest BCUT2D eigenvalue weighted by molar-refractivity contribution is 0.839. The Labute approximate surface area is 259 Å². The van der Waals surface area contributed by atoms with Gasteiger partial charge in [-0.1, -0.05) is 121 Å². The third kappa shape index (κ3) is 3.62. The van der Waals surface area contributed by atoms with Crippen LogP contribution in [0.25, 0.3) is 22.3 Å². The number of nitrogens with zero attached hydrogens (tertiary/aromatic N) is 1. The maximum absolute atomic E-state index is 6.57. The van der Waals surface area contributed by atoms with Crippen molar-refractivity contribution in [2.45, 2.75) is 19.3 Å². The van der Waals surface area contributed by atoms with Crippen molar-refractivity contribution >= 4 is 28.2 Å². The minimum atomic E-state index is -0.524. The lowest BCUT2D eigenvalue weighted by Crippen LogP contribution is -2.27. The van der Waals surface area contributed by atoms with E-state index in [2.05, 4.69) is 170 Å². The maximum atomic E-state index is 6.57. The van der Waals surface area contributed by atoms with Gasteiger partial charge < -0.3 is 4.90 Å². The molecule has 1 heteroatoms. The Morgan fingerprint density at radius 2 is 1.09 bits per heavy atom. The molecule has 1 unspecified atom stereocenters. The summed E-state index contributed by atoms with van der Waals surface area (Å²) >= 11 is 0. The molecule has 0 aromatic heterocycles. The Bertz CT molecular complexity index is 2110. The van der Waals surface area contributed by atoms with Gasteiger partial charge in [-0.3, -0.25) is 0 Å². The highest BCUT2D eigenvalue weighted by molar-refractivity contribution is 6.14. The molecule has 6 aromatic rings. The van der Waals surface area contributed by atoms with Crippen LogP contribution in [0.3, 0.4) is 0 Å². The highest BCUT2D eigenvalue weighted by atomic mass is 15.1. The fourth-order valence-corrected chi connectivity index (χ4v) is 7.56. The number of para-hydroxylation sites is 2. The Morgan fingerprint density at radius 1 is 0.500 bits per heavy atom. The molecule has 0 fully saturated rings. The van der Waals surface area contributed by atoms with Gasteiger partial charge >= 0.3 is 0 Å². The monoisotopic (exact) mass is 561 g/mol. The molecular weight excluding hydrogens is 530 g/mol. The third-order valence-electron chi connectivity index (χ3n) is 9.35. The molecule has 8 rings (SSSR count).